The number of phenols is 1. The van der Waals surface area contributed by atoms with Crippen LogP contribution in [0.4, 0.5) is 0 Å². The van der Waals surface area contributed by atoms with Gasteiger partial charge in [0.25, 0.3) is 0 Å². The van der Waals surface area contributed by atoms with Gasteiger partial charge in [-0.25, -0.2) is 0 Å². The molecule has 1 amide bonds. The summed E-state index contributed by atoms with van der Waals surface area (Å²) < 4.78 is 6.52. The number of nitrogens with one attached hydrogen (secondary N) is 1. The Morgan fingerprint density at radius 1 is 1.26 bits per heavy atom. The Bertz CT molecular complexity index is 902. The summed E-state index contributed by atoms with van der Waals surface area (Å²) in [7, 11) is 0. The second kappa shape index (κ2) is 10.7. The third kappa shape index (κ3) is 5.79. The van der Waals surface area contributed by atoms with Gasteiger partial charge in [-0.15, -0.1) is 0 Å². The zero-order valence-corrected chi connectivity index (χ0v) is 22.0. The summed E-state index contributed by atoms with van der Waals surface area (Å²) >= 11 is 0. The summed E-state index contributed by atoms with van der Waals surface area (Å²) in [6, 6.07) is 3.98. The number of aliphatic hydroxyl groups excluding tert-OH is 1. The first kappa shape index (κ1) is 26.6. The van der Waals surface area contributed by atoms with Crippen LogP contribution < -0.4 is 10.1 Å². The number of ether oxygens (including phenoxy) is 1. The van der Waals surface area contributed by atoms with Crippen molar-refractivity contribution in [3.8, 4) is 11.5 Å². The highest BCUT2D eigenvalue weighted by Crippen LogP contribution is 2.55. The third-order valence-electron chi connectivity index (χ3n) is 7.97. The zero-order valence-electron chi connectivity index (χ0n) is 22.0. The monoisotopic (exact) mass is 471 g/mol. The maximum Gasteiger partial charge on any atom is 0.247 e. The number of hydrogen-bond donors (Lipinski definition) is 3. The van der Waals surface area contributed by atoms with E-state index in [1.165, 1.54) is 25.7 Å². The number of allylic oxidation sites excluding steroid dienone is 1. The predicted molar refractivity (Wildman–Crippen MR) is 137 cm³/mol. The number of rotatable bonds is 10. The van der Waals surface area contributed by atoms with Crippen LogP contribution >= 0.6 is 0 Å². The molecule has 34 heavy (non-hydrogen) atoms. The molecule has 3 N–H and O–H groups in total. The Morgan fingerprint density at radius 3 is 2.68 bits per heavy atom. The van der Waals surface area contributed by atoms with Gasteiger partial charge in [-0.05, 0) is 69.6 Å². The molecule has 0 unspecified atom stereocenters. The molecule has 3 rings (SSSR count). The van der Waals surface area contributed by atoms with Crippen LogP contribution in [0, 0.1) is 5.92 Å². The summed E-state index contributed by atoms with van der Waals surface area (Å²) in [4.78, 5) is 12.9. The molecule has 1 heterocycles. The number of hydrogen-bond acceptors (Lipinski definition) is 4. The van der Waals surface area contributed by atoms with Crippen LogP contribution in [0.5, 0.6) is 11.5 Å². The normalized spacial score (nSPS) is 22.1. The number of benzene rings is 1. The molecule has 3 atom stereocenters. The average Bonchev–Trinajstić information content (AvgIpc) is 2.75. The van der Waals surface area contributed by atoms with E-state index in [1.807, 2.05) is 19.1 Å². The summed E-state index contributed by atoms with van der Waals surface area (Å²) in [6.45, 7) is 12.9. The Hall–Kier alpha value is -2.01. The third-order valence-corrected chi connectivity index (χ3v) is 7.97. The van der Waals surface area contributed by atoms with E-state index in [0.29, 0.717) is 12.8 Å². The van der Waals surface area contributed by atoms with Gasteiger partial charge in [0, 0.05) is 35.6 Å². The highest BCUT2D eigenvalue weighted by Gasteiger charge is 2.47. The summed E-state index contributed by atoms with van der Waals surface area (Å²) in [5.74, 6) is 1.19. The highest BCUT2D eigenvalue weighted by atomic mass is 16.5. The van der Waals surface area contributed by atoms with Gasteiger partial charge < -0.3 is 20.3 Å². The molecular formula is C29H45NO4. The lowest BCUT2D eigenvalue weighted by molar-refractivity contribution is -0.118. The molecule has 0 fully saturated rings. The van der Waals surface area contributed by atoms with E-state index < -0.39 is 5.60 Å². The minimum absolute atomic E-state index is 0.0272. The summed E-state index contributed by atoms with van der Waals surface area (Å²) in [5.41, 5.74) is 2.27. The Kier molecular flexibility index (Phi) is 8.38. The minimum Gasteiger partial charge on any atom is -0.508 e. The van der Waals surface area contributed by atoms with E-state index in [9.17, 15) is 9.90 Å². The van der Waals surface area contributed by atoms with Gasteiger partial charge in [-0.2, -0.15) is 0 Å². The average molecular weight is 472 g/mol. The smallest absolute Gasteiger partial charge is 0.247 e. The maximum atomic E-state index is 12.9. The minimum atomic E-state index is -0.392. The molecule has 1 aliphatic carbocycles. The largest absolute Gasteiger partial charge is 0.508 e. The molecule has 1 aliphatic heterocycles. The number of carbonyl (C=O) groups excluding carboxylic acids is 1. The van der Waals surface area contributed by atoms with Crippen LogP contribution in [0.2, 0.25) is 0 Å². The fourth-order valence-electron chi connectivity index (χ4n) is 5.69. The zero-order chi connectivity index (χ0) is 25.1. The lowest BCUT2D eigenvalue weighted by Gasteiger charge is -2.47. The first-order chi connectivity index (χ1) is 16.0. The molecule has 1 aromatic rings. The lowest BCUT2D eigenvalue weighted by Crippen LogP contribution is -2.46. The fourth-order valence-corrected chi connectivity index (χ4v) is 5.69. The number of aliphatic hydroxyl groups is 1. The molecule has 0 radical (unpaired) electrons. The molecule has 0 saturated carbocycles. The van der Waals surface area contributed by atoms with Crippen LogP contribution in [-0.2, 0) is 10.2 Å². The van der Waals surface area contributed by atoms with Crippen LogP contribution in [0.15, 0.2) is 23.8 Å². The number of fused-ring (bicyclic) bond motifs is 3. The van der Waals surface area contributed by atoms with Crippen molar-refractivity contribution in [2.75, 3.05) is 6.61 Å². The van der Waals surface area contributed by atoms with Crippen LogP contribution in [0.3, 0.4) is 0 Å². The van der Waals surface area contributed by atoms with Crippen LogP contribution in [0.25, 0.3) is 0 Å². The van der Waals surface area contributed by atoms with Gasteiger partial charge in [0.05, 0.1) is 0 Å². The van der Waals surface area contributed by atoms with Crippen molar-refractivity contribution >= 4 is 5.91 Å². The van der Waals surface area contributed by atoms with Crippen molar-refractivity contribution in [3.63, 3.8) is 0 Å². The van der Waals surface area contributed by atoms with Crippen molar-refractivity contribution in [3.05, 3.63) is 34.9 Å². The van der Waals surface area contributed by atoms with E-state index in [4.69, 9.17) is 9.84 Å². The number of unbranched alkanes of at least 4 members (excludes halogenated alkanes) is 3. The SMILES string of the molecule is CCCCCCC(C)(C)c1cc(O)c2c(c1)OC(C)(C)[C@@H]1CC=C(C(=O)N[C@H](C)CCO)C[C@@H]21. The molecule has 190 valence electrons. The van der Waals surface area contributed by atoms with Crippen LogP contribution in [-0.4, -0.2) is 34.4 Å². The van der Waals surface area contributed by atoms with Gasteiger partial charge >= 0.3 is 0 Å². The van der Waals surface area contributed by atoms with Crippen molar-refractivity contribution in [1.82, 2.24) is 5.32 Å². The number of amides is 1. The van der Waals surface area contributed by atoms with Gasteiger partial charge in [-0.3, -0.25) is 4.79 Å². The molecule has 0 spiro atoms. The fraction of sp³-hybridized carbons (Fsp3) is 0.690. The number of carbonyl (C=O) groups is 1. The molecule has 5 heteroatoms. The van der Waals surface area contributed by atoms with Gasteiger partial charge in [0.2, 0.25) is 5.91 Å². The van der Waals surface area contributed by atoms with E-state index in [2.05, 4.69) is 46.0 Å². The van der Waals surface area contributed by atoms with Gasteiger partial charge in [-0.1, -0.05) is 52.5 Å². The maximum absolute atomic E-state index is 12.9. The molecule has 0 bridgehead atoms. The van der Waals surface area contributed by atoms with E-state index in [1.54, 1.807) is 0 Å². The molecule has 1 aromatic carbocycles. The topological polar surface area (TPSA) is 78.8 Å². The van der Waals surface area contributed by atoms with E-state index >= 15 is 0 Å². The number of phenolic OH excluding ortho intramolecular Hbond substituents is 1. The molecule has 0 saturated heterocycles. The highest BCUT2D eigenvalue weighted by molar-refractivity contribution is 5.94. The lowest BCUT2D eigenvalue weighted by atomic mass is 9.66. The Labute approximate surface area is 206 Å². The van der Waals surface area contributed by atoms with Crippen molar-refractivity contribution in [2.24, 2.45) is 5.92 Å². The van der Waals surface area contributed by atoms with Gasteiger partial charge in [0.1, 0.15) is 17.1 Å². The van der Waals surface area contributed by atoms with Crippen molar-refractivity contribution < 1.29 is 19.7 Å². The Morgan fingerprint density at radius 2 is 2.00 bits per heavy atom. The standard InChI is InChI=1S/C29H45NO4/c1-7-8-9-10-14-28(3,4)21-17-24(32)26-22-16-20(27(33)30-19(2)13-15-31)11-12-23(22)29(5,6)34-25(26)18-21/h11,17-19,22-23,31-32H,7-10,12-16H2,1-6H3,(H,30,33)/t19-,22-,23-/m1/s1. The molecular weight excluding hydrogens is 426 g/mol. The summed E-state index contributed by atoms with van der Waals surface area (Å²) in [6.07, 6.45) is 9.84. The quantitative estimate of drug-likeness (QED) is 0.359. The van der Waals surface area contributed by atoms with Crippen molar-refractivity contribution in [1.29, 1.82) is 0 Å². The molecule has 0 aromatic heterocycles. The number of aromatic hydroxyl groups is 1. The van der Waals surface area contributed by atoms with Gasteiger partial charge in [0.15, 0.2) is 0 Å². The second-order valence-corrected chi connectivity index (χ2v) is 11.6. The van der Waals surface area contributed by atoms with E-state index in [0.717, 1.165) is 35.3 Å². The van der Waals surface area contributed by atoms with E-state index in [-0.39, 0.29) is 41.6 Å². The first-order valence-electron chi connectivity index (χ1n) is 13.2. The van der Waals surface area contributed by atoms with Crippen LogP contribution in [0.1, 0.15) is 110 Å². The molecule has 5 nitrogen and oxygen atoms in total. The Balaban J connectivity index is 1.88. The summed E-state index contributed by atoms with van der Waals surface area (Å²) in [5, 5.41) is 23.4. The predicted octanol–water partition coefficient (Wildman–Crippen LogP) is 6.12. The van der Waals surface area contributed by atoms with Crippen molar-refractivity contribution in [2.45, 2.75) is 116 Å². The second-order valence-electron chi connectivity index (χ2n) is 11.6. The first-order valence-corrected chi connectivity index (χ1v) is 13.2. The molecule has 2 aliphatic rings.